The highest BCUT2D eigenvalue weighted by atomic mass is 32.1. The molecule has 0 amide bonds. The van der Waals surface area contributed by atoms with Gasteiger partial charge in [-0.25, -0.2) is 0 Å². The molecule has 2 aliphatic rings. The zero-order chi connectivity index (χ0) is 19.4. The predicted octanol–water partition coefficient (Wildman–Crippen LogP) is 5.83. The van der Waals surface area contributed by atoms with E-state index >= 15 is 0 Å². The molecule has 0 N–H and O–H groups in total. The van der Waals surface area contributed by atoms with E-state index in [1.807, 2.05) is 6.08 Å². The van der Waals surface area contributed by atoms with Crippen molar-refractivity contribution >= 4 is 24.7 Å². The summed E-state index contributed by atoms with van der Waals surface area (Å²) in [6.45, 7) is 9.00. The number of ketones is 1. The maximum Gasteiger partial charge on any atom is 0.143 e. The normalized spacial score (nSPS) is 39.1. The first-order valence-corrected chi connectivity index (χ1v) is 10.9. The van der Waals surface area contributed by atoms with Gasteiger partial charge in [-0.15, -0.1) is 0 Å². The summed E-state index contributed by atoms with van der Waals surface area (Å²) in [7, 11) is 0. The Morgan fingerprint density at radius 3 is 2.62 bits per heavy atom. The number of fused-ring (bicyclic) bond motifs is 1. The SMILES string of the molecule is C/C=C\C1(C)/C(=C\C=O)CCC2C(CCC)C(C)(CC(=O)CS)CCC21. The number of Topliss-reactive ketones (excluding diaryl/α,β-unsaturated/α-hetero) is 1. The lowest BCUT2D eigenvalue weighted by atomic mass is 9.47. The zero-order valence-electron chi connectivity index (χ0n) is 17.0. The summed E-state index contributed by atoms with van der Waals surface area (Å²) < 4.78 is 0. The highest BCUT2D eigenvalue weighted by Gasteiger charge is 2.53. The van der Waals surface area contributed by atoms with Gasteiger partial charge < -0.3 is 0 Å². The van der Waals surface area contributed by atoms with E-state index in [2.05, 4.69) is 52.5 Å². The van der Waals surface area contributed by atoms with Crippen LogP contribution in [-0.4, -0.2) is 17.8 Å². The van der Waals surface area contributed by atoms with Crippen molar-refractivity contribution in [2.24, 2.45) is 28.6 Å². The first-order valence-electron chi connectivity index (χ1n) is 10.3. The molecule has 0 spiro atoms. The predicted molar refractivity (Wildman–Crippen MR) is 112 cm³/mol. The van der Waals surface area contributed by atoms with Crippen molar-refractivity contribution in [2.75, 3.05) is 5.75 Å². The quantitative estimate of drug-likeness (QED) is 0.263. The van der Waals surface area contributed by atoms with Crippen LogP contribution >= 0.6 is 12.6 Å². The van der Waals surface area contributed by atoms with E-state index in [1.54, 1.807) is 0 Å². The van der Waals surface area contributed by atoms with Gasteiger partial charge in [0.1, 0.15) is 12.1 Å². The lowest BCUT2D eigenvalue weighted by Gasteiger charge is -2.57. The number of hydrogen-bond acceptors (Lipinski definition) is 3. The van der Waals surface area contributed by atoms with Crippen molar-refractivity contribution in [2.45, 2.75) is 72.6 Å². The minimum Gasteiger partial charge on any atom is -0.299 e. The van der Waals surface area contributed by atoms with Gasteiger partial charge in [-0.2, -0.15) is 12.6 Å². The Bertz CT molecular complexity index is 579. The number of hydrogen-bond donors (Lipinski definition) is 1. The zero-order valence-corrected chi connectivity index (χ0v) is 17.9. The Morgan fingerprint density at radius 2 is 2.04 bits per heavy atom. The van der Waals surface area contributed by atoms with Crippen molar-refractivity contribution in [3.63, 3.8) is 0 Å². The summed E-state index contributed by atoms with van der Waals surface area (Å²) in [4.78, 5) is 23.4. The number of thiol groups is 1. The van der Waals surface area contributed by atoms with Crippen molar-refractivity contribution in [3.8, 4) is 0 Å². The highest BCUT2D eigenvalue weighted by molar-refractivity contribution is 7.81. The number of carbonyl (C=O) groups excluding carboxylic acids is 2. The summed E-state index contributed by atoms with van der Waals surface area (Å²) >= 11 is 4.22. The molecule has 2 nitrogen and oxygen atoms in total. The molecule has 5 atom stereocenters. The maximum atomic E-state index is 12.2. The largest absolute Gasteiger partial charge is 0.299 e. The van der Waals surface area contributed by atoms with Crippen LogP contribution in [0.5, 0.6) is 0 Å². The Morgan fingerprint density at radius 1 is 1.31 bits per heavy atom. The first kappa shape index (κ1) is 21.5. The van der Waals surface area contributed by atoms with Gasteiger partial charge >= 0.3 is 0 Å². The summed E-state index contributed by atoms with van der Waals surface area (Å²) in [5.74, 6) is 2.41. The second-order valence-corrected chi connectivity index (χ2v) is 9.20. The van der Waals surface area contributed by atoms with Gasteiger partial charge in [-0.05, 0) is 68.3 Å². The van der Waals surface area contributed by atoms with Gasteiger partial charge in [-0.3, -0.25) is 9.59 Å². The number of allylic oxidation sites excluding steroid dienone is 4. The molecule has 0 radical (unpaired) electrons. The van der Waals surface area contributed by atoms with Crippen molar-refractivity contribution in [1.29, 1.82) is 0 Å². The number of carbonyl (C=O) groups is 2. The second kappa shape index (κ2) is 8.91. The van der Waals surface area contributed by atoms with Gasteiger partial charge in [-0.1, -0.05) is 44.9 Å². The van der Waals surface area contributed by atoms with Gasteiger partial charge in [0, 0.05) is 17.6 Å². The monoisotopic (exact) mass is 376 g/mol. The van der Waals surface area contributed by atoms with Crippen LogP contribution in [0.3, 0.4) is 0 Å². The van der Waals surface area contributed by atoms with E-state index in [1.165, 1.54) is 12.0 Å². The maximum absolute atomic E-state index is 12.2. The molecular weight excluding hydrogens is 340 g/mol. The molecule has 0 bridgehead atoms. The third-order valence-electron chi connectivity index (χ3n) is 7.32. The van der Waals surface area contributed by atoms with E-state index in [-0.39, 0.29) is 16.6 Å². The van der Waals surface area contributed by atoms with E-state index in [9.17, 15) is 9.59 Å². The fourth-order valence-electron chi connectivity index (χ4n) is 6.18. The average molecular weight is 377 g/mol. The Labute approximate surface area is 165 Å². The van der Waals surface area contributed by atoms with E-state index in [0.717, 1.165) is 38.4 Å². The van der Waals surface area contributed by atoms with E-state index in [0.29, 0.717) is 29.9 Å². The minimum atomic E-state index is -0.0283. The smallest absolute Gasteiger partial charge is 0.143 e. The summed E-state index contributed by atoms with van der Waals surface area (Å²) in [5, 5.41) is 0. The summed E-state index contributed by atoms with van der Waals surface area (Å²) in [6.07, 6.45) is 14.6. The molecule has 3 heteroatoms. The Hall–Kier alpha value is -0.830. The van der Waals surface area contributed by atoms with Gasteiger partial charge in [0.15, 0.2) is 0 Å². The van der Waals surface area contributed by atoms with Gasteiger partial charge in [0.05, 0.1) is 0 Å². The fraction of sp³-hybridized carbons (Fsp3) is 0.739. The third kappa shape index (κ3) is 4.03. The first-order chi connectivity index (χ1) is 12.4. The van der Waals surface area contributed by atoms with E-state index in [4.69, 9.17) is 0 Å². The molecule has 0 aromatic rings. The standard InChI is InChI=1S/C23H36O2S/c1-5-7-20-19-9-8-17(11-14-24)23(4,12-6-2)21(19)10-13-22(20,3)15-18(25)16-26/h6,11-12,14,19-21,26H,5,7-10,13,15-16H2,1-4H3/b12-6-,17-11-. The molecule has 26 heavy (non-hydrogen) atoms. The molecule has 5 unspecified atom stereocenters. The molecule has 0 aromatic carbocycles. The molecule has 146 valence electrons. The molecule has 2 aliphatic carbocycles. The van der Waals surface area contributed by atoms with Crippen LogP contribution in [0, 0.1) is 28.6 Å². The van der Waals surface area contributed by atoms with E-state index < -0.39 is 0 Å². The fourth-order valence-corrected chi connectivity index (χ4v) is 6.29. The molecule has 2 rings (SSSR count). The van der Waals surface area contributed by atoms with Crippen LogP contribution in [0.25, 0.3) is 0 Å². The van der Waals surface area contributed by atoms with Crippen molar-refractivity contribution in [3.05, 3.63) is 23.8 Å². The lowest BCUT2D eigenvalue weighted by molar-refractivity contribution is -0.123. The average Bonchev–Trinajstić information content (AvgIpc) is 2.60. The summed E-state index contributed by atoms with van der Waals surface area (Å²) in [5.41, 5.74) is 1.36. The molecule has 0 heterocycles. The topological polar surface area (TPSA) is 34.1 Å². The van der Waals surface area contributed by atoms with Crippen LogP contribution in [0.4, 0.5) is 0 Å². The van der Waals surface area contributed by atoms with Gasteiger partial charge in [0.2, 0.25) is 0 Å². The number of rotatable bonds is 7. The summed E-state index contributed by atoms with van der Waals surface area (Å²) in [6, 6.07) is 0. The minimum absolute atomic E-state index is 0.0283. The van der Waals surface area contributed by atoms with Crippen LogP contribution in [0.1, 0.15) is 72.6 Å². The van der Waals surface area contributed by atoms with Gasteiger partial charge in [0.25, 0.3) is 0 Å². The Balaban J connectivity index is 2.40. The second-order valence-electron chi connectivity index (χ2n) is 8.88. The Kier molecular flexibility index (Phi) is 7.35. The van der Waals surface area contributed by atoms with Crippen LogP contribution in [-0.2, 0) is 9.59 Å². The van der Waals surface area contributed by atoms with Crippen LogP contribution in [0.15, 0.2) is 23.8 Å². The molecule has 0 aromatic heterocycles. The van der Waals surface area contributed by atoms with Crippen LogP contribution in [0.2, 0.25) is 0 Å². The molecule has 2 fully saturated rings. The molecule has 2 saturated carbocycles. The van der Waals surface area contributed by atoms with Crippen molar-refractivity contribution < 1.29 is 9.59 Å². The highest BCUT2D eigenvalue weighted by Crippen LogP contribution is 2.61. The molecule has 0 saturated heterocycles. The van der Waals surface area contributed by atoms with Crippen molar-refractivity contribution in [1.82, 2.24) is 0 Å². The molecule has 0 aliphatic heterocycles. The number of aldehydes is 1. The molecular formula is C23H36O2S. The lowest BCUT2D eigenvalue weighted by Crippen LogP contribution is -2.50. The third-order valence-corrected chi connectivity index (χ3v) is 7.68. The van der Waals surface area contributed by atoms with Crippen LogP contribution < -0.4 is 0 Å².